The molecule has 2 aromatic rings. The lowest BCUT2D eigenvalue weighted by atomic mass is 10.1. The Hall–Kier alpha value is -2.69. The normalized spacial score (nSPS) is 16.8. The molecule has 25 heavy (non-hydrogen) atoms. The molecule has 1 aliphatic heterocycles. The number of carbonyl (C=O) groups is 2. The van der Waals surface area contributed by atoms with E-state index in [9.17, 15) is 14.0 Å². The van der Waals surface area contributed by atoms with Crippen LogP contribution in [0.4, 0.5) is 10.1 Å². The highest BCUT2D eigenvalue weighted by atomic mass is 19.1. The van der Waals surface area contributed by atoms with Crippen molar-refractivity contribution in [3.63, 3.8) is 0 Å². The van der Waals surface area contributed by atoms with Crippen LogP contribution >= 0.6 is 0 Å². The van der Waals surface area contributed by atoms with Crippen molar-refractivity contribution in [3.05, 3.63) is 65.0 Å². The van der Waals surface area contributed by atoms with E-state index in [1.54, 1.807) is 4.90 Å². The molecule has 3 rings (SSSR count). The van der Waals surface area contributed by atoms with Gasteiger partial charge in [0.1, 0.15) is 11.9 Å². The monoisotopic (exact) mass is 340 g/mol. The Morgan fingerprint density at radius 2 is 1.80 bits per heavy atom. The SMILES string of the molecule is Cc1ccc(NC(=O)C2CCCN2C(=O)c2ccc(F)cc2)cc1C. The molecular formula is C20H21FN2O2. The number of anilines is 1. The Balaban J connectivity index is 1.74. The van der Waals surface area contributed by atoms with E-state index in [1.807, 2.05) is 32.0 Å². The third kappa shape index (κ3) is 3.71. The molecular weight excluding hydrogens is 319 g/mol. The molecule has 1 aliphatic rings. The van der Waals surface area contributed by atoms with E-state index in [0.29, 0.717) is 18.5 Å². The van der Waals surface area contributed by atoms with Crippen LogP contribution in [-0.2, 0) is 4.79 Å². The number of rotatable bonds is 3. The predicted molar refractivity (Wildman–Crippen MR) is 95.0 cm³/mol. The summed E-state index contributed by atoms with van der Waals surface area (Å²) in [4.78, 5) is 26.9. The van der Waals surface area contributed by atoms with E-state index in [2.05, 4.69) is 5.32 Å². The predicted octanol–water partition coefficient (Wildman–Crippen LogP) is 3.69. The first-order valence-corrected chi connectivity index (χ1v) is 8.40. The number of likely N-dealkylation sites (tertiary alicyclic amines) is 1. The fraction of sp³-hybridized carbons (Fsp3) is 0.300. The maximum atomic E-state index is 13.0. The topological polar surface area (TPSA) is 49.4 Å². The molecule has 1 heterocycles. The molecule has 1 fully saturated rings. The lowest BCUT2D eigenvalue weighted by Crippen LogP contribution is -2.43. The number of nitrogens with one attached hydrogen (secondary N) is 1. The van der Waals surface area contributed by atoms with Gasteiger partial charge in [0, 0.05) is 17.8 Å². The number of hydrogen-bond donors (Lipinski definition) is 1. The van der Waals surface area contributed by atoms with Crippen LogP contribution in [-0.4, -0.2) is 29.3 Å². The molecule has 1 N–H and O–H groups in total. The minimum atomic E-state index is -0.501. The lowest BCUT2D eigenvalue weighted by molar-refractivity contribution is -0.119. The van der Waals surface area contributed by atoms with Crippen LogP contribution < -0.4 is 5.32 Å². The Labute approximate surface area is 146 Å². The molecule has 2 amide bonds. The fourth-order valence-electron chi connectivity index (χ4n) is 3.09. The van der Waals surface area contributed by atoms with E-state index in [-0.39, 0.29) is 17.6 Å². The van der Waals surface area contributed by atoms with Gasteiger partial charge in [0.15, 0.2) is 0 Å². The summed E-state index contributed by atoms with van der Waals surface area (Å²) in [6.45, 7) is 4.53. The van der Waals surface area contributed by atoms with E-state index < -0.39 is 6.04 Å². The zero-order valence-corrected chi connectivity index (χ0v) is 14.4. The van der Waals surface area contributed by atoms with Crippen molar-refractivity contribution in [2.45, 2.75) is 32.7 Å². The lowest BCUT2D eigenvalue weighted by Gasteiger charge is -2.24. The summed E-state index contributed by atoms with van der Waals surface area (Å²) in [7, 11) is 0. The Morgan fingerprint density at radius 3 is 2.48 bits per heavy atom. The maximum absolute atomic E-state index is 13.0. The molecule has 4 nitrogen and oxygen atoms in total. The molecule has 1 atom stereocenters. The van der Waals surface area contributed by atoms with Crippen LogP contribution in [0.2, 0.25) is 0 Å². The van der Waals surface area contributed by atoms with Gasteiger partial charge >= 0.3 is 0 Å². The van der Waals surface area contributed by atoms with Gasteiger partial charge in [-0.2, -0.15) is 0 Å². The van der Waals surface area contributed by atoms with Crippen molar-refractivity contribution in [1.82, 2.24) is 4.90 Å². The molecule has 1 saturated heterocycles. The number of benzene rings is 2. The molecule has 0 saturated carbocycles. The second kappa shape index (κ2) is 7.05. The molecule has 0 aliphatic carbocycles. The maximum Gasteiger partial charge on any atom is 0.254 e. The van der Waals surface area contributed by atoms with Crippen molar-refractivity contribution < 1.29 is 14.0 Å². The first-order chi connectivity index (χ1) is 12.0. The zero-order valence-electron chi connectivity index (χ0n) is 14.4. The van der Waals surface area contributed by atoms with Gasteiger partial charge in [-0.1, -0.05) is 6.07 Å². The van der Waals surface area contributed by atoms with Gasteiger partial charge in [-0.3, -0.25) is 9.59 Å². The molecule has 2 aromatic carbocycles. The second-order valence-electron chi connectivity index (χ2n) is 6.45. The highest BCUT2D eigenvalue weighted by Gasteiger charge is 2.34. The number of carbonyl (C=O) groups excluding carboxylic acids is 2. The molecule has 130 valence electrons. The van der Waals surface area contributed by atoms with Crippen LogP contribution in [0.25, 0.3) is 0 Å². The summed E-state index contributed by atoms with van der Waals surface area (Å²) in [5, 5.41) is 2.90. The van der Waals surface area contributed by atoms with Crippen LogP contribution in [0.5, 0.6) is 0 Å². The summed E-state index contributed by atoms with van der Waals surface area (Å²) < 4.78 is 13.0. The van der Waals surface area contributed by atoms with Gasteiger partial charge < -0.3 is 10.2 Å². The van der Waals surface area contributed by atoms with Gasteiger partial charge in [-0.05, 0) is 74.2 Å². The second-order valence-corrected chi connectivity index (χ2v) is 6.45. The molecule has 0 aromatic heterocycles. The van der Waals surface area contributed by atoms with Gasteiger partial charge in [-0.15, -0.1) is 0 Å². The van der Waals surface area contributed by atoms with E-state index >= 15 is 0 Å². The highest BCUT2D eigenvalue weighted by molar-refractivity contribution is 6.01. The van der Waals surface area contributed by atoms with Crippen LogP contribution in [0.1, 0.15) is 34.3 Å². The van der Waals surface area contributed by atoms with Crippen molar-refractivity contribution in [2.75, 3.05) is 11.9 Å². The van der Waals surface area contributed by atoms with Crippen molar-refractivity contribution in [1.29, 1.82) is 0 Å². The van der Waals surface area contributed by atoms with Gasteiger partial charge in [0.25, 0.3) is 5.91 Å². The number of amides is 2. The highest BCUT2D eigenvalue weighted by Crippen LogP contribution is 2.22. The summed E-state index contributed by atoms with van der Waals surface area (Å²) in [5.41, 5.74) is 3.39. The molecule has 1 unspecified atom stereocenters. The van der Waals surface area contributed by atoms with E-state index in [4.69, 9.17) is 0 Å². The van der Waals surface area contributed by atoms with Crippen LogP contribution in [0, 0.1) is 19.7 Å². The van der Waals surface area contributed by atoms with Crippen molar-refractivity contribution >= 4 is 17.5 Å². The van der Waals surface area contributed by atoms with E-state index in [1.165, 1.54) is 24.3 Å². The first kappa shape index (κ1) is 17.1. The quantitative estimate of drug-likeness (QED) is 0.926. The third-order valence-corrected chi connectivity index (χ3v) is 4.68. The average molecular weight is 340 g/mol. The largest absolute Gasteiger partial charge is 0.327 e. The van der Waals surface area contributed by atoms with Crippen molar-refractivity contribution in [2.24, 2.45) is 0 Å². The standard InChI is InChI=1S/C20H21FN2O2/c1-13-5-10-17(12-14(13)2)22-19(24)18-4-3-11-23(18)20(25)15-6-8-16(21)9-7-15/h5-10,12,18H,3-4,11H2,1-2H3,(H,22,24). The van der Waals surface area contributed by atoms with Gasteiger partial charge in [0.05, 0.1) is 0 Å². The Bertz CT molecular complexity index is 802. The van der Waals surface area contributed by atoms with Crippen LogP contribution in [0.3, 0.4) is 0 Å². The van der Waals surface area contributed by atoms with Crippen LogP contribution in [0.15, 0.2) is 42.5 Å². The molecule has 0 spiro atoms. The third-order valence-electron chi connectivity index (χ3n) is 4.68. The number of hydrogen-bond acceptors (Lipinski definition) is 2. The molecule has 5 heteroatoms. The summed E-state index contributed by atoms with van der Waals surface area (Å²) in [5.74, 6) is -0.809. The zero-order chi connectivity index (χ0) is 18.0. The van der Waals surface area contributed by atoms with Crippen molar-refractivity contribution in [3.8, 4) is 0 Å². The number of nitrogens with zero attached hydrogens (tertiary/aromatic N) is 1. The Morgan fingerprint density at radius 1 is 1.08 bits per heavy atom. The summed E-state index contributed by atoms with van der Waals surface area (Å²) in [6, 6.07) is 10.7. The van der Waals surface area contributed by atoms with Gasteiger partial charge in [-0.25, -0.2) is 4.39 Å². The summed E-state index contributed by atoms with van der Waals surface area (Å²) in [6.07, 6.45) is 1.40. The molecule has 0 bridgehead atoms. The number of halogens is 1. The van der Waals surface area contributed by atoms with E-state index in [0.717, 1.165) is 23.2 Å². The number of aryl methyl sites for hydroxylation is 2. The summed E-state index contributed by atoms with van der Waals surface area (Å²) >= 11 is 0. The first-order valence-electron chi connectivity index (χ1n) is 8.40. The average Bonchev–Trinajstić information content (AvgIpc) is 3.08. The minimum absolute atomic E-state index is 0.184. The molecule has 0 radical (unpaired) electrons. The fourth-order valence-corrected chi connectivity index (χ4v) is 3.09. The minimum Gasteiger partial charge on any atom is -0.327 e. The Kier molecular flexibility index (Phi) is 4.83. The smallest absolute Gasteiger partial charge is 0.254 e. The van der Waals surface area contributed by atoms with Gasteiger partial charge in [0.2, 0.25) is 5.91 Å².